The lowest BCUT2D eigenvalue weighted by atomic mass is 9.79. The first-order valence-electron chi connectivity index (χ1n) is 7.25. The van der Waals surface area contributed by atoms with Gasteiger partial charge in [-0.15, -0.1) is 0 Å². The van der Waals surface area contributed by atoms with Crippen molar-refractivity contribution >= 4 is 20.9 Å². The van der Waals surface area contributed by atoms with Crippen molar-refractivity contribution in [2.45, 2.75) is 58.5 Å². The van der Waals surface area contributed by atoms with Gasteiger partial charge in [0.25, 0.3) is 0 Å². The molecule has 116 valence electrons. The minimum Gasteiger partial charge on any atom is -0.542 e. The molecule has 6 heteroatoms. The quantitative estimate of drug-likeness (QED) is 0.802. The van der Waals surface area contributed by atoms with Crippen LogP contribution in [0.5, 0.6) is 5.75 Å². The topological polar surface area (TPSA) is 27.7 Å². The second-order valence-corrected chi connectivity index (χ2v) is 11.9. The van der Waals surface area contributed by atoms with Gasteiger partial charge in [-0.2, -0.15) is 0 Å². The molecule has 1 aromatic carbocycles. The van der Waals surface area contributed by atoms with Crippen molar-refractivity contribution in [1.82, 2.24) is 0 Å². The molecule has 1 aliphatic rings. The van der Waals surface area contributed by atoms with Crippen LogP contribution in [0, 0.1) is 5.82 Å². The molecule has 1 heterocycles. The molecule has 3 nitrogen and oxygen atoms in total. The maximum Gasteiger partial charge on any atom is 0.494 e. The predicted octanol–water partition coefficient (Wildman–Crippen LogP) is 3.34. The third-order valence-corrected chi connectivity index (χ3v) is 4.73. The Bertz CT molecular complexity index is 524. The molecule has 0 bridgehead atoms. The number of hydrogen-bond donors (Lipinski definition) is 0. The Kier molecular flexibility index (Phi) is 4.02. The summed E-state index contributed by atoms with van der Waals surface area (Å²) in [6.45, 7) is 14.0. The van der Waals surface area contributed by atoms with Crippen LogP contribution in [0.15, 0.2) is 18.2 Å². The van der Waals surface area contributed by atoms with Gasteiger partial charge in [-0.1, -0.05) is 6.07 Å². The summed E-state index contributed by atoms with van der Waals surface area (Å²) in [5.74, 6) is -0.0703. The van der Waals surface area contributed by atoms with Crippen LogP contribution in [0.3, 0.4) is 0 Å². The summed E-state index contributed by atoms with van der Waals surface area (Å²) < 4.78 is 31.7. The molecule has 0 unspecified atom stereocenters. The average Bonchev–Trinajstić information content (AvgIpc) is 2.49. The molecule has 21 heavy (non-hydrogen) atoms. The van der Waals surface area contributed by atoms with Gasteiger partial charge in [0.05, 0.1) is 11.2 Å². The van der Waals surface area contributed by atoms with E-state index in [1.165, 1.54) is 6.07 Å². The molecule has 0 atom stereocenters. The maximum atomic E-state index is 13.9. The highest BCUT2D eigenvalue weighted by molar-refractivity contribution is 6.70. The van der Waals surface area contributed by atoms with Crippen molar-refractivity contribution in [2.75, 3.05) is 0 Å². The summed E-state index contributed by atoms with van der Waals surface area (Å²) in [5, 5.41) is 0. The fourth-order valence-corrected chi connectivity index (χ4v) is 2.87. The van der Waals surface area contributed by atoms with Crippen LogP contribution >= 0.6 is 0 Å². The number of halogens is 1. The van der Waals surface area contributed by atoms with Gasteiger partial charge in [0.15, 0.2) is 5.82 Å². The van der Waals surface area contributed by atoms with Crippen LogP contribution in [0.2, 0.25) is 19.6 Å². The van der Waals surface area contributed by atoms with Gasteiger partial charge in [0, 0.05) is 0 Å². The lowest BCUT2D eigenvalue weighted by Crippen LogP contribution is -2.41. The SMILES string of the molecule is CC1(C)OB(c2ccc(F)c(O[Si](C)(C)C)c2)OC1(C)C. The molecule has 0 spiro atoms. The van der Waals surface area contributed by atoms with Crippen LogP contribution in [0.25, 0.3) is 0 Å². The van der Waals surface area contributed by atoms with Crippen molar-refractivity contribution in [3.05, 3.63) is 24.0 Å². The molecule has 0 saturated carbocycles. The molecule has 0 N–H and O–H groups in total. The van der Waals surface area contributed by atoms with E-state index in [0.29, 0.717) is 0 Å². The van der Waals surface area contributed by atoms with Gasteiger partial charge >= 0.3 is 7.12 Å². The minimum absolute atomic E-state index is 0.279. The Balaban J connectivity index is 2.29. The van der Waals surface area contributed by atoms with Crippen molar-refractivity contribution in [2.24, 2.45) is 0 Å². The van der Waals surface area contributed by atoms with Gasteiger partial charge in [0.2, 0.25) is 8.32 Å². The fourth-order valence-electron chi connectivity index (χ4n) is 2.05. The van der Waals surface area contributed by atoms with Crippen LogP contribution in [-0.4, -0.2) is 26.6 Å². The highest BCUT2D eigenvalue weighted by atomic mass is 28.4. The molecule has 1 saturated heterocycles. The highest BCUT2D eigenvalue weighted by Crippen LogP contribution is 2.36. The summed E-state index contributed by atoms with van der Waals surface area (Å²) in [7, 11) is -2.37. The lowest BCUT2D eigenvalue weighted by Gasteiger charge is -2.32. The lowest BCUT2D eigenvalue weighted by molar-refractivity contribution is 0.00578. The van der Waals surface area contributed by atoms with Crippen LogP contribution in [0.1, 0.15) is 27.7 Å². The van der Waals surface area contributed by atoms with E-state index < -0.39 is 26.6 Å². The summed E-state index contributed by atoms with van der Waals surface area (Å²) in [6, 6.07) is 4.79. The molecule has 0 aliphatic carbocycles. The summed E-state index contributed by atoms with van der Waals surface area (Å²) in [6.07, 6.45) is 0. The second-order valence-electron chi connectivity index (χ2n) is 7.49. The monoisotopic (exact) mass is 310 g/mol. The molecule has 1 aliphatic heterocycles. The summed E-state index contributed by atoms with van der Waals surface area (Å²) in [4.78, 5) is 0. The predicted molar refractivity (Wildman–Crippen MR) is 86.1 cm³/mol. The Morgan fingerprint density at radius 2 is 1.57 bits per heavy atom. The van der Waals surface area contributed by atoms with Gasteiger partial charge < -0.3 is 13.7 Å². The number of rotatable bonds is 3. The zero-order valence-corrected chi connectivity index (χ0v) is 14.9. The third-order valence-electron chi connectivity index (χ3n) is 3.90. The van der Waals surface area contributed by atoms with Crippen LogP contribution in [-0.2, 0) is 9.31 Å². The Morgan fingerprint density at radius 3 is 2.05 bits per heavy atom. The molecule has 2 rings (SSSR count). The normalized spacial score (nSPS) is 20.7. The first kappa shape index (κ1) is 16.5. The standard InChI is InChI=1S/C15H24BFO3Si/c1-14(2)15(3,4)20-16(19-14)11-8-9-12(17)13(10-11)18-21(5,6)7/h8-10H,1-7H3. The molecule has 0 aromatic heterocycles. The Labute approximate surface area is 128 Å². The maximum absolute atomic E-state index is 13.9. The van der Waals surface area contributed by atoms with E-state index in [1.54, 1.807) is 12.1 Å². The molecule has 0 radical (unpaired) electrons. The van der Waals surface area contributed by atoms with E-state index in [0.717, 1.165) is 5.46 Å². The first-order chi connectivity index (χ1) is 9.41. The van der Waals surface area contributed by atoms with Gasteiger partial charge in [0.1, 0.15) is 5.75 Å². The molecular formula is C15H24BFO3Si. The molecule has 0 amide bonds. The number of benzene rings is 1. The van der Waals surface area contributed by atoms with E-state index in [2.05, 4.69) is 0 Å². The Hall–Kier alpha value is -0.848. The number of hydrogen-bond acceptors (Lipinski definition) is 3. The highest BCUT2D eigenvalue weighted by Gasteiger charge is 2.51. The van der Waals surface area contributed by atoms with Crippen molar-refractivity contribution in [3.8, 4) is 5.75 Å². The van der Waals surface area contributed by atoms with Crippen LogP contribution in [0.4, 0.5) is 4.39 Å². The zero-order valence-electron chi connectivity index (χ0n) is 13.9. The fraction of sp³-hybridized carbons (Fsp3) is 0.600. The van der Waals surface area contributed by atoms with E-state index >= 15 is 0 Å². The third kappa shape index (κ3) is 3.49. The minimum atomic E-state index is -1.87. The van der Waals surface area contributed by atoms with Gasteiger partial charge in [-0.05, 0) is 64.9 Å². The van der Waals surface area contributed by atoms with Gasteiger partial charge in [-0.25, -0.2) is 4.39 Å². The van der Waals surface area contributed by atoms with E-state index in [4.69, 9.17) is 13.7 Å². The summed E-state index contributed by atoms with van der Waals surface area (Å²) >= 11 is 0. The van der Waals surface area contributed by atoms with E-state index in [9.17, 15) is 4.39 Å². The average molecular weight is 310 g/mol. The van der Waals surface area contributed by atoms with E-state index in [1.807, 2.05) is 47.3 Å². The largest absolute Gasteiger partial charge is 0.542 e. The summed E-state index contributed by atoms with van der Waals surface area (Å²) in [5.41, 5.74) is -0.0409. The molecular weight excluding hydrogens is 286 g/mol. The van der Waals surface area contributed by atoms with Crippen molar-refractivity contribution in [1.29, 1.82) is 0 Å². The molecule has 1 fully saturated rings. The Morgan fingerprint density at radius 1 is 1.05 bits per heavy atom. The van der Waals surface area contributed by atoms with Crippen LogP contribution < -0.4 is 9.89 Å². The van der Waals surface area contributed by atoms with Gasteiger partial charge in [-0.3, -0.25) is 0 Å². The van der Waals surface area contributed by atoms with Crippen molar-refractivity contribution < 1.29 is 18.1 Å². The van der Waals surface area contributed by atoms with Crippen molar-refractivity contribution in [3.63, 3.8) is 0 Å². The smallest absolute Gasteiger partial charge is 0.494 e. The first-order valence-corrected chi connectivity index (χ1v) is 10.7. The second kappa shape index (κ2) is 5.11. The zero-order chi connectivity index (χ0) is 16.1. The molecule has 1 aromatic rings. The van der Waals surface area contributed by atoms with E-state index in [-0.39, 0.29) is 11.6 Å².